The van der Waals surface area contributed by atoms with Gasteiger partial charge in [-0.2, -0.15) is 0 Å². The summed E-state index contributed by atoms with van der Waals surface area (Å²) in [6, 6.07) is 6.91. The second-order valence-electron chi connectivity index (χ2n) is 5.03. The number of anilines is 1. The number of non-ortho nitro benzene ring substituents is 2. The molecule has 132 valence electrons. The van der Waals surface area contributed by atoms with Gasteiger partial charge in [0.05, 0.1) is 20.6 Å². The summed E-state index contributed by atoms with van der Waals surface area (Å²) in [6.07, 6.45) is 0. The molecule has 1 N–H and O–H groups in total. The number of hydrogen-bond donors (Lipinski definition) is 1. The molecule has 0 fully saturated rings. The summed E-state index contributed by atoms with van der Waals surface area (Å²) in [6.45, 7) is 0. The maximum absolute atomic E-state index is 13.8. The predicted octanol–water partition coefficient (Wildman–Crippen LogP) is 4.76. The van der Waals surface area contributed by atoms with Crippen LogP contribution in [0, 0.1) is 26.0 Å². The average molecular weight is 396 g/mol. The molecule has 0 saturated heterocycles. The molecule has 0 saturated carbocycles. The number of benzene rings is 2. The van der Waals surface area contributed by atoms with E-state index in [0.717, 1.165) is 29.5 Å². The van der Waals surface area contributed by atoms with Gasteiger partial charge in [0.2, 0.25) is 0 Å². The molecule has 11 heteroatoms. The van der Waals surface area contributed by atoms with Gasteiger partial charge in [-0.3, -0.25) is 25.0 Å². The number of hydrogen-bond acceptors (Lipinski definition) is 6. The van der Waals surface area contributed by atoms with Crippen molar-refractivity contribution in [2.45, 2.75) is 0 Å². The third-order valence-corrected chi connectivity index (χ3v) is 5.18. The second-order valence-corrected chi connectivity index (χ2v) is 6.43. The lowest BCUT2D eigenvalue weighted by molar-refractivity contribution is -0.384. The Morgan fingerprint density at radius 1 is 1.15 bits per heavy atom. The summed E-state index contributed by atoms with van der Waals surface area (Å²) in [5.41, 5.74) is -1.01. The average Bonchev–Trinajstić information content (AvgIpc) is 2.93. The largest absolute Gasteiger partial charge is 0.318 e. The first-order valence-corrected chi connectivity index (χ1v) is 8.09. The monoisotopic (exact) mass is 395 g/mol. The van der Waals surface area contributed by atoms with Crippen molar-refractivity contribution in [2.24, 2.45) is 0 Å². The fraction of sp³-hybridized carbons (Fsp3) is 0. The minimum absolute atomic E-state index is 0.0166. The van der Waals surface area contributed by atoms with Crippen LogP contribution in [0.15, 0.2) is 36.4 Å². The molecular formula is C15H7ClFN3O5S. The third kappa shape index (κ3) is 3.07. The summed E-state index contributed by atoms with van der Waals surface area (Å²) in [5, 5.41) is 24.4. The Bertz CT molecular complexity index is 1080. The lowest BCUT2D eigenvalue weighted by Crippen LogP contribution is -2.12. The molecule has 0 aliphatic carbocycles. The van der Waals surface area contributed by atoms with Crippen molar-refractivity contribution in [3.63, 3.8) is 0 Å². The zero-order valence-corrected chi connectivity index (χ0v) is 14.1. The van der Waals surface area contributed by atoms with Gasteiger partial charge in [-0.15, -0.1) is 11.3 Å². The number of carbonyl (C=O) groups is 1. The van der Waals surface area contributed by atoms with Crippen LogP contribution in [0.2, 0.25) is 5.02 Å². The Morgan fingerprint density at radius 3 is 2.54 bits per heavy atom. The van der Waals surface area contributed by atoms with Crippen LogP contribution in [-0.4, -0.2) is 15.8 Å². The molecule has 8 nitrogen and oxygen atoms in total. The molecule has 0 bridgehead atoms. The van der Waals surface area contributed by atoms with Gasteiger partial charge in [0.25, 0.3) is 17.3 Å². The van der Waals surface area contributed by atoms with Gasteiger partial charge in [0.1, 0.15) is 15.4 Å². The summed E-state index contributed by atoms with van der Waals surface area (Å²) in [4.78, 5) is 32.9. The molecule has 1 aromatic heterocycles. The number of nitrogens with one attached hydrogen (secondary N) is 1. The Labute approximate surface area is 153 Å². The fourth-order valence-corrected chi connectivity index (χ4v) is 3.76. The SMILES string of the molecule is O=C(Nc1cc([N+](=O)[O-])ccc1F)c1sc2c([N+](=O)[O-])cccc2c1Cl. The standard InChI is InChI=1S/C15H7ClFN3O5S/c16-12-8-2-1-3-11(20(24)25)13(8)26-14(12)15(21)18-10-6-7(19(22)23)4-5-9(10)17/h1-6H,(H,18,21). The number of nitrogens with zero attached hydrogens (tertiary/aromatic N) is 2. The van der Waals surface area contributed by atoms with Gasteiger partial charge in [-0.05, 0) is 6.07 Å². The molecule has 26 heavy (non-hydrogen) atoms. The molecule has 0 aliphatic rings. The normalized spacial score (nSPS) is 10.7. The van der Waals surface area contributed by atoms with E-state index < -0.39 is 32.9 Å². The van der Waals surface area contributed by atoms with E-state index in [9.17, 15) is 29.4 Å². The number of fused-ring (bicyclic) bond motifs is 1. The summed E-state index contributed by atoms with van der Waals surface area (Å²) >= 11 is 6.92. The van der Waals surface area contributed by atoms with E-state index in [0.29, 0.717) is 5.39 Å². The number of nitro groups is 2. The molecule has 3 aromatic rings. The Balaban J connectivity index is 2.03. The highest BCUT2D eigenvalue weighted by atomic mass is 35.5. The molecule has 3 rings (SSSR count). The maximum atomic E-state index is 13.8. The van der Waals surface area contributed by atoms with Crippen LogP contribution < -0.4 is 5.32 Å². The van der Waals surface area contributed by atoms with Gasteiger partial charge >= 0.3 is 0 Å². The highest BCUT2D eigenvalue weighted by Crippen LogP contribution is 2.40. The van der Waals surface area contributed by atoms with Crippen LogP contribution in [0.1, 0.15) is 9.67 Å². The zero-order valence-electron chi connectivity index (χ0n) is 12.6. The smallest absolute Gasteiger partial charge is 0.287 e. The number of thiophene rings is 1. The van der Waals surface area contributed by atoms with Gasteiger partial charge in [-0.1, -0.05) is 23.7 Å². The second kappa shape index (κ2) is 6.65. The minimum atomic E-state index is -0.868. The number of carbonyl (C=O) groups excluding carboxylic acids is 1. The Morgan fingerprint density at radius 2 is 1.88 bits per heavy atom. The van der Waals surface area contributed by atoms with E-state index in [-0.39, 0.29) is 20.3 Å². The summed E-state index contributed by atoms with van der Waals surface area (Å²) < 4.78 is 14.0. The first-order valence-electron chi connectivity index (χ1n) is 6.90. The van der Waals surface area contributed by atoms with E-state index in [1.54, 1.807) is 0 Å². The van der Waals surface area contributed by atoms with Gasteiger partial charge in [0.15, 0.2) is 0 Å². The van der Waals surface area contributed by atoms with Crippen LogP contribution >= 0.6 is 22.9 Å². The van der Waals surface area contributed by atoms with Gasteiger partial charge in [0, 0.05) is 23.6 Å². The van der Waals surface area contributed by atoms with Crippen molar-refractivity contribution < 1.29 is 19.0 Å². The Hall–Kier alpha value is -3.11. The van der Waals surface area contributed by atoms with E-state index >= 15 is 0 Å². The van der Waals surface area contributed by atoms with Crippen LogP contribution in [0.5, 0.6) is 0 Å². The number of amides is 1. The highest BCUT2D eigenvalue weighted by Gasteiger charge is 2.23. The summed E-state index contributed by atoms with van der Waals surface area (Å²) in [5.74, 6) is -1.70. The molecule has 1 amide bonds. The minimum Gasteiger partial charge on any atom is -0.318 e. The van der Waals surface area contributed by atoms with Crippen LogP contribution in [0.3, 0.4) is 0 Å². The van der Waals surface area contributed by atoms with E-state index in [4.69, 9.17) is 11.6 Å². The van der Waals surface area contributed by atoms with Crippen LogP contribution in [-0.2, 0) is 0 Å². The van der Waals surface area contributed by atoms with Crippen LogP contribution in [0.4, 0.5) is 21.5 Å². The maximum Gasteiger partial charge on any atom is 0.287 e. The topological polar surface area (TPSA) is 115 Å². The molecule has 0 atom stereocenters. The van der Waals surface area contributed by atoms with Crippen molar-refractivity contribution in [2.75, 3.05) is 5.32 Å². The molecule has 0 unspecified atom stereocenters. The van der Waals surface area contributed by atoms with Crippen molar-refractivity contribution in [1.82, 2.24) is 0 Å². The number of rotatable bonds is 4. The molecule has 2 aromatic carbocycles. The van der Waals surface area contributed by atoms with E-state index in [1.165, 1.54) is 18.2 Å². The molecular weight excluding hydrogens is 389 g/mol. The first-order chi connectivity index (χ1) is 12.3. The molecule has 1 heterocycles. The fourth-order valence-electron chi connectivity index (χ4n) is 2.27. The lowest BCUT2D eigenvalue weighted by atomic mass is 10.2. The highest BCUT2D eigenvalue weighted by molar-refractivity contribution is 7.22. The van der Waals surface area contributed by atoms with Crippen molar-refractivity contribution in [3.05, 3.63) is 72.3 Å². The van der Waals surface area contributed by atoms with Crippen molar-refractivity contribution >= 4 is 56.0 Å². The summed E-state index contributed by atoms with van der Waals surface area (Å²) in [7, 11) is 0. The third-order valence-electron chi connectivity index (χ3n) is 3.45. The van der Waals surface area contributed by atoms with Gasteiger partial charge < -0.3 is 5.32 Å². The zero-order chi connectivity index (χ0) is 19.0. The first kappa shape index (κ1) is 17.7. The number of nitro benzene ring substituents is 2. The van der Waals surface area contributed by atoms with E-state index in [1.807, 2.05) is 0 Å². The number of halogens is 2. The van der Waals surface area contributed by atoms with Crippen molar-refractivity contribution in [1.29, 1.82) is 0 Å². The quantitative estimate of drug-likeness (QED) is 0.505. The van der Waals surface area contributed by atoms with Crippen LogP contribution in [0.25, 0.3) is 10.1 Å². The Kier molecular flexibility index (Phi) is 4.53. The lowest BCUT2D eigenvalue weighted by Gasteiger charge is -2.05. The molecule has 0 radical (unpaired) electrons. The van der Waals surface area contributed by atoms with Crippen molar-refractivity contribution in [3.8, 4) is 0 Å². The van der Waals surface area contributed by atoms with Gasteiger partial charge in [-0.25, -0.2) is 4.39 Å². The molecule has 0 spiro atoms. The van der Waals surface area contributed by atoms with E-state index in [2.05, 4.69) is 5.32 Å². The molecule has 0 aliphatic heterocycles. The predicted molar refractivity (Wildman–Crippen MR) is 94.5 cm³/mol.